The van der Waals surface area contributed by atoms with Crippen LogP contribution in [0.3, 0.4) is 0 Å². The minimum absolute atomic E-state index is 0.158. The van der Waals surface area contributed by atoms with Crippen molar-refractivity contribution in [3.8, 4) is 11.3 Å². The van der Waals surface area contributed by atoms with Gasteiger partial charge < -0.3 is 10.6 Å². The molecule has 9 nitrogen and oxygen atoms in total. The van der Waals surface area contributed by atoms with Crippen molar-refractivity contribution in [1.29, 1.82) is 0 Å². The molecule has 9 heteroatoms. The molecule has 0 unspecified atom stereocenters. The number of hydrogen-bond donors (Lipinski definition) is 2. The smallest absolute Gasteiger partial charge is 0.275 e. The number of nitrogens with one attached hydrogen (secondary N) is 2. The Labute approximate surface area is 166 Å². The number of amides is 2. The summed E-state index contributed by atoms with van der Waals surface area (Å²) < 4.78 is 3.14. The van der Waals surface area contributed by atoms with E-state index in [-0.39, 0.29) is 17.2 Å². The van der Waals surface area contributed by atoms with Crippen LogP contribution < -0.4 is 10.6 Å². The van der Waals surface area contributed by atoms with Crippen molar-refractivity contribution >= 4 is 23.4 Å². The molecule has 2 amide bonds. The van der Waals surface area contributed by atoms with Gasteiger partial charge in [-0.3, -0.25) is 18.7 Å². The SMILES string of the molecule is CCNC(=O)c1cnn(C)c1C(=O)Nc1ccn2cc(-c3ccccc3)nc2n1. The molecule has 0 aliphatic carbocycles. The van der Waals surface area contributed by atoms with E-state index in [4.69, 9.17) is 0 Å². The predicted octanol–water partition coefficient (Wildman–Crippen LogP) is 2.13. The van der Waals surface area contributed by atoms with Crippen molar-refractivity contribution in [3.05, 3.63) is 66.2 Å². The van der Waals surface area contributed by atoms with Crippen LogP contribution in [0.15, 0.2) is 55.0 Å². The molecule has 1 aromatic carbocycles. The number of fused-ring (bicyclic) bond motifs is 1. The van der Waals surface area contributed by atoms with Gasteiger partial charge in [-0.1, -0.05) is 30.3 Å². The standard InChI is InChI=1S/C20H19N7O2/c1-3-21-18(28)14-11-22-26(2)17(14)19(29)24-16-9-10-27-12-15(23-20(27)25-16)13-7-5-4-6-8-13/h4-12H,3H2,1-2H3,(H,21,28)(H,23,24,25,29). The fourth-order valence-corrected chi connectivity index (χ4v) is 2.99. The van der Waals surface area contributed by atoms with Gasteiger partial charge >= 0.3 is 0 Å². The largest absolute Gasteiger partial charge is 0.352 e. The third-order valence-electron chi connectivity index (χ3n) is 4.37. The summed E-state index contributed by atoms with van der Waals surface area (Å²) in [6, 6.07) is 11.4. The first kappa shape index (κ1) is 18.4. The molecule has 0 saturated heterocycles. The number of aromatic nitrogens is 5. The van der Waals surface area contributed by atoms with Crippen molar-refractivity contribution in [2.45, 2.75) is 6.92 Å². The highest BCUT2D eigenvalue weighted by Gasteiger charge is 2.22. The van der Waals surface area contributed by atoms with E-state index in [2.05, 4.69) is 25.7 Å². The zero-order valence-electron chi connectivity index (χ0n) is 16.0. The molecular weight excluding hydrogens is 370 g/mol. The molecule has 4 aromatic rings. The van der Waals surface area contributed by atoms with E-state index in [0.29, 0.717) is 18.1 Å². The Bertz CT molecular complexity index is 1190. The topological polar surface area (TPSA) is 106 Å². The number of imidazole rings is 1. The lowest BCUT2D eigenvalue weighted by Gasteiger charge is -2.07. The number of benzene rings is 1. The first-order chi connectivity index (χ1) is 14.1. The first-order valence-electron chi connectivity index (χ1n) is 9.09. The Morgan fingerprint density at radius 2 is 1.86 bits per heavy atom. The molecule has 3 aromatic heterocycles. The van der Waals surface area contributed by atoms with E-state index >= 15 is 0 Å². The Balaban J connectivity index is 1.61. The summed E-state index contributed by atoms with van der Waals surface area (Å²) in [5.74, 6) is -0.0424. The highest BCUT2D eigenvalue weighted by atomic mass is 16.2. The third kappa shape index (κ3) is 3.57. The Hall–Kier alpha value is -4.01. The second-order valence-electron chi connectivity index (χ2n) is 6.36. The molecule has 0 radical (unpaired) electrons. The normalized spacial score (nSPS) is 10.8. The van der Waals surface area contributed by atoms with Gasteiger partial charge in [0.1, 0.15) is 11.5 Å². The highest BCUT2D eigenvalue weighted by Crippen LogP contribution is 2.19. The van der Waals surface area contributed by atoms with Gasteiger partial charge in [0.2, 0.25) is 5.78 Å². The van der Waals surface area contributed by atoms with Crippen LogP contribution in [0.4, 0.5) is 5.82 Å². The molecule has 0 bridgehead atoms. The van der Waals surface area contributed by atoms with E-state index in [1.807, 2.05) is 36.5 Å². The molecule has 146 valence electrons. The van der Waals surface area contributed by atoms with Crippen molar-refractivity contribution in [3.63, 3.8) is 0 Å². The van der Waals surface area contributed by atoms with Crippen LogP contribution in [0.5, 0.6) is 0 Å². The summed E-state index contributed by atoms with van der Waals surface area (Å²) >= 11 is 0. The van der Waals surface area contributed by atoms with Crippen molar-refractivity contribution < 1.29 is 9.59 Å². The summed E-state index contributed by atoms with van der Waals surface area (Å²) in [6.07, 6.45) is 5.01. The molecule has 0 saturated carbocycles. The van der Waals surface area contributed by atoms with Crippen LogP contribution in [0.2, 0.25) is 0 Å². The molecule has 0 atom stereocenters. The van der Waals surface area contributed by atoms with Crippen LogP contribution in [0.1, 0.15) is 27.8 Å². The number of rotatable bonds is 5. The zero-order chi connectivity index (χ0) is 20.4. The molecule has 0 aliphatic rings. The van der Waals surface area contributed by atoms with Crippen LogP contribution in [0, 0.1) is 0 Å². The average Bonchev–Trinajstić information content (AvgIpc) is 3.32. The summed E-state index contributed by atoms with van der Waals surface area (Å²) in [4.78, 5) is 33.9. The number of nitrogens with zero attached hydrogens (tertiary/aromatic N) is 5. The van der Waals surface area contributed by atoms with Gasteiger partial charge in [0, 0.05) is 31.5 Å². The maximum atomic E-state index is 12.8. The van der Waals surface area contributed by atoms with Crippen LogP contribution in [-0.2, 0) is 7.05 Å². The second-order valence-corrected chi connectivity index (χ2v) is 6.36. The van der Waals surface area contributed by atoms with Crippen molar-refractivity contribution in [2.75, 3.05) is 11.9 Å². The molecule has 0 fully saturated rings. The fraction of sp³-hybridized carbons (Fsp3) is 0.150. The summed E-state index contributed by atoms with van der Waals surface area (Å²) in [5, 5.41) is 9.42. The Morgan fingerprint density at radius 1 is 1.07 bits per heavy atom. The molecule has 3 heterocycles. The van der Waals surface area contributed by atoms with Crippen molar-refractivity contribution in [2.24, 2.45) is 7.05 Å². The van der Waals surface area contributed by atoms with E-state index in [1.165, 1.54) is 10.9 Å². The summed E-state index contributed by atoms with van der Waals surface area (Å²) in [7, 11) is 1.61. The van der Waals surface area contributed by atoms with Gasteiger partial charge in [-0.2, -0.15) is 10.1 Å². The van der Waals surface area contributed by atoms with Crippen LogP contribution >= 0.6 is 0 Å². The maximum Gasteiger partial charge on any atom is 0.275 e. The maximum absolute atomic E-state index is 12.8. The molecule has 29 heavy (non-hydrogen) atoms. The summed E-state index contributed by atoms with van der Waals surface area (Å²) in [6.45, 7) is 2.26. The lowest BCUT2D eigenvalue weighted by atomic mass is 10.2. The monoisotopic (exact) mass is 389 g/mol. The molecule has 2 N–H and O–H groups in total. The number of hydrogen-bond acceptors (Lipinski definition) is 5. The lowest BCUT2D eigenvalue weighted by molar-refractivity contribution is 0.0940. The first-order valence-corrected chi connectivity index (χ1v) is 9.09. The summed E-state index contributed by atoms with van der Waals surface area (Å²) in [5.41, 5.74) is 2.13. The minimum atomic E-state index is -0.474. The number of carbonyl (C=O) groups excluding carboxylic acids is 2. The van der Waals surface area contributed by atoms with Gasteiger partial charge in [-0.25, -0.2) is 4.98 Å². The van der Waals surface area contributed by atoms with Crippen molar-refractivity contribution in [1.82, 2.24) is 29.5 Å². The number of anilines is 1. The molecule has 0 aliphatic heterocycles. The Kier molecular flexibility index (Phi) is 4.78. The van der Waals surface area contributed by atoms with E-state index < -0.39 is 5.91 Å². The minimum Gasteiger partial charge on any atom is -0.352 e. The number of carbonyl (C=O) groups is 2. The van der Waals surface area contributed by atoms with Gasteiger partial charge in [-0.15, -0.1) is 0 Å². The average molecular weight is 389 g/mol. The van der Waals surface area contributed by atoms with Gasteiger partial charge in [-0.05, 0) is 13.0 Å². The van der Waals surface area contributed by atoms with Crippen LogP contribution in [-0.4, -0.2) is 42.5 Å². The third-order valence-corrected chi connectivity index (χ3v) is 4.37. The quantitative estimate of drug-likeness (QED) is 0.544. The van der Waals surface area contributed by atoms with Gasteiger partial charge in [0.25, 0.3) is 11.8 Å². The fourth-order valence-electron chi connectivity index (χ4n) is 2.99. The Morgan fingerprint density at radius 3 is 2.62 bits per heavy atom. The van der Waals surface area contributed by atoms with E-state index in [0.717, 1.165) is 11.3 Å². The molecule has 0 spiro atoms. The predicted molar refractivity (Wildman–Crippen MR) is 108 cm³/mol. The van der Waals surface area contributed by atoms with Crippen LogP contribution in [0.25, 0.3) is 17.0 Å². The van der Waals surface area contributed by atoms with E-state index in [9.17, 15) is 9.59 Å². The van der Waals surface area contributed by atoms with Gasteiger partial charge in [0.15, 0.2) is 0 Å². The lowest BCUT2D eigenvalue weighted by Crippen LogP contribution is -2.26. The van der Waals surface area contributed by atoms with Gasteiger partial charge in [0.05, 0.1) is 17.5 Å². The second kappa shape index (κ2) is 7.55. The number of aryl methyl sites for hydroxylation is 1. The zero-order valence-corrected chi connectivity index (χ0v) is 16.0. The highest BCUT2D eigenvalue weighted by molar-refractivity contribution is 6.10. The molecular formula is C20H19N7O2. The van der Waals surface area contributed by atoms with E-state index in [1.54, 1.807) is 30.6 Å². The molecule has 4 rings (SSSR count).